The van der Waals surface area contributed by atoms with Gasteiger partial charge in [0.1, 0.15) is 6.61 Å². The molecule has 4 rings (SSSR count). The zero-order valence-corrected chi connectivity index (χ0v) is 17.9. The smallest absolute Gasteiger partial charge is 0.162 e. The summed E-state index contributed by atoms with van der Waals surface area (Å²) in [6, 6.07) is 27.4. The summed E-state index contributed by atoms with van der Waals surface area (Å²) in [5.41, 5.74) is 3.82. The highest BCUT2D eigenvalue weighted by molar-refractivity contribution is 5.44. The monoisotopic (exact) mass is 412 g/mol. The minimum absolute atomic E-state index is 0.149. The molecule has 0 N–H and O–H groups in total. The van der Waals surface area contributed by atoms with Crippen LogP contribution in [0.25, 0.3) is 0 Å². The van der Waals surface area contributed by atoms with Crippen molar-refractivity contribution in [1.82, 2.24) is 9.80 Å². The van der Waals surface area contributed by atoms with Crippen molar-refractivity contribution in [2.45, 2.75) is 19.3 Å². The Hall–Kier alpha value is -3.26. The summed E-state index contributed by atoms with van der Waals surface area (Å²) in [4.78, 5) is 5.05. The highest BCUT2D eigenvalue weighted by Crippen LogP contribution is 2.37. The van der Waals surface area contributed by atoms with E-state index >= 15 is 0 Å². The predicted octanol–water partition coefficient (Wildman–Crippen LogP) is 4.72. The maximum Gasteiger partial charge on any atom is 0.162 e. The molecule has 0 aromatic heterocycles. The largest absolute Gasteiger partial charge is 0.493 e. The molecular weight excluding hydrogens is 384 g/mol. The first kappa shape index (κ1) is 21.0. The van der Waals surface area contributed by atoms with Gasteiger partial charge in [0.2, 0.25) is 0 Å². The number of methoxy groups -OCH3 is 1. The number of nitrogens with zero attached hydrogens (tertiary/aromatic N) is 2. The van der Waals surface area contributed by atoms with Crippen LogP contribution in [-0.2, 0) is 13.1 Å². The lowest BCUT2D eigenvalue weighted by molar-refractivity contribution is 0.125. The third-order valence-electron chi connectivity index (χ3n) is 5.62. The second-order valence-corrected chi connectivity index (χ2v) is 7.69. The number of rotatable bonds is 8. The van der Waals surface area contributed by atoms with E-state index in [1.807, 2.05) is 6.07 Å². The van der Waals surface area contributed by atoms with E-state index in [9.17, 15) is 0 Å². The van der Waals surface area contributed by atoms with Crippen molar-refractivity contribution >= 4 is 0 Å². The SMILES string of the molecule is C#CCOc1ccc(C2N(Cc3ccccc3)CCN2Cc2ccccc2)cc1OC. The number of hydrogen-bond acceptors (Lipinski definition) is 4. The number of hydrogen-bond donors (Lipinski definition) is 0. The Labute approximate surface area is 185 Å². The average molecular weight is 413 g/mol. The number of terminal acetylenes is 1. The van der Waals surface area contributed by atoms with E-state index in [-0.39, 0.29) is 12.8 Å². The highest BCUT2D eigenvalue weighted by Gasteiger charge is 2.33. The fraction of sp³-hybridized carbons (Fsp3) is 0.259. The zero-order valence-electron chi connectivity index (χ0n) is 17.9. The van der Waals surface area contributed by atoms with Gasteiger partial charge in [0.15, 0.2) is 11.5 Å². The van der Waals surface area contributed by atoms with Gasteiger partial charge >= 0.3 is 0 Å². The van der Waals surface area contributed by atoms with E-state index in [0.717, 1.165) is 26.2 Å². The summed E-state index contributed by atoms with van der Waals surface area (Å²) in [5, 5.41) is 0. The van der Waals surface area contributed by atoms with Gasteiger partial charge in [-0.15, -0.1) is 6.42 Å². The summed E-state index contributed by atoms with van der Waals surface area (Å²) in [6.45, 7) is 4.02. The molecule has 0 saturated carbocycles. The molecule has 0 unspecified atom stereocenters. The lowest BCUT2D eigenvalue weighted by Crippen LogP contribution is -2.30. The lowest BCUT2D eigenvalue weighted by Gasteiger charge is -2.31. The molecule has 4 heteroatoms. The normalized spacial score (nSPS) is 15.0. The van der Waals surface area contributed by atoms with Gasteiger partial charge < -0.3 is 9.47 Å². The minimum atomic E-state index is 0.149. The first-order valence-corrected chi connectivity index (χ1v) is 10.6. The molecule has 1 fully saturated rings. The molecule has 0 spiro atoms. The quantitative estimate of drug-likeness (QED) is 0.500. The first-order chi connectivity index (χ1) is 15.3. The molecule has 1 aliphatic rings. The van der Waals surface area contributed by atoms with Gasteiger partial charge in [0, 0.05) is 26.2 Å². The summed E-state index contributed by atoms with van der Waals surface area (Å²) >= 11 is 0. The Bertz CT molecular complexity index is 965. The third-order valence-corrected chi connectivity index (χ3v) is 5.62. The average Bonchev–Trinajstić information content (AvgIpc) is 3.20. The fourth-order valence-electron chi connectivity index (χ4n) is 4.20. The molecule has 3 aromatic carbocycles. The van der Waals surface area contributed by atoms with Crippen molar-refractivity contribution in [3.63, 3.8) is 0 Å². The predicted molar refractivity (Wildman–Crippen MR) is 124 cm³/mol. The first-order valence-electron chi connectivity index (χ1n) is 10.6. The molecule has 0 atom stereocenters. The van der Waals surface area contributed by atoms with Crippen LogP contribution in [0.5, 0.6) is 11.5 Å². The Balaban J connectivity index is 1.64. The van der Waals surface area contributed by atoms with Crippen molar-refractivity contribution in [2.75, 3.05) is 26.8 Å². The van der Waals surface area contributed by atoms with Crippen LogP contribution in [0.2, 0.25) is 0 Å². The van der Waals surface area contributed by atoms with Crippen molar-refractivity contribution in [3.05, 3.63) is 95.6 Å². The third kappa shape index (κ3) is 5.08. The van der Waals surface area contributed by atoms with Gasteiger partial charge in [0.05, 0.1) is 13.3 Å². The Morgan fingerprint density at radius 3 is 1.94 bits per heavy atom. The van der Waals surface area contributed by atoms with Crippen LogP contribution in [-0.4, -0.2) is 36.6 Å². The van der Waals surface area contributed by atoms with Crippen LogP contribution in [0.4, 0.5) is 0 Å². The van der Waals surface area contributed by atoms with Crippen molar-refractivity contribution in [2.24, 2.45) is 0 Å². The second-order valence-electron chi connectivity index (χ2n) is 7.69. The molecule has 0 bridgehead atoms. The number of benzene rings is 3. The molecule has 31 heavy (non-hydrogen) atoms. The van der Waals surface area contributed by atoms with E-state index in [0.29, 0.717) is 11.5 Å². The molecule has 158 valence electrons. The molecule has 0 radical (unpaired) electrons. The molecule has 3 aromatic rings. The summed E-state index contributed by atoms with van der Waals surface area (Å²) in [5.74, 6) is 3.89. The second kappa shape index (κ2) is 10.2. The van der Waals surface area contributed by atoms with Crippen LogP contribution in [0.15, 0.2) is 78.9 Å². The molecule has 0 aliphatic carbocycles. The van der Waals surface area contributed by atoms with Crippen LogP contribution in [0.1, 0.15) is 22.9 Å². The van der Waals surface area contributed by atoms with Crippen molar-refractivity contribution in [1.29, 1.82) is 0 Å². The van der Waals surface area contributed by atoms with Crippen molar-refractivity contribution in [3.8, 4) is 23.8 Å². The molecule has 4 nitrogen and oxygen atoms in total. The van der Waals surface area contributed by atoms with Crippen LogP contribution in [0.3, 0.4) is 0 Å². The van der Waals surface area contributed by atoms with Gasteiger partial charge in [-0.3, -0.25) is 9.80 Å². The topological polar surface area (TPSA) is 24.9 Å². The van der Waals surface area contributed by atoms with Gasteiger partial charge in [-0.1, -0.05) is 72.7 Å². The van der Waals surface area contributed by atoms with Gasteiger partial charge in [0.25, 0.3) is 0 Å². The molecule has 1 heterocycles. The maximum atomic E-state index is 5.65. The minimum Gasteiger partial charge on any atom is -0.493 e. The van der Waals surface area contributed by atoms with E-state index in [4.69, 9.17) is 15.9 Å². The Kier molecular flexibility index (Phi) is 6.89. The van der Waals surface area contributed by atoms with E-state index in [1.54, 1.807) is 7.11 Å². The van der Waals surface area contributed by atoms with Gasteiger partial charge in [-0.05, 0) is 28.8 Å². The zero-order chi connectivity index (χ0) is 21.5. The maximum absolute atomic E-state index is 5.65. The van der Waals surface area contributed by atoms with Crippen molar-refractivity contribution < 1.29 is 9.47 Å². The molecule has 1 aliphatic heterocycles. The summed E-state index contributed by atoms with van der Waals surface area (Å²) in [6.07, 6.45) is 5.50. The highest BCUT2D eigenvalue weighted by atomic mass is 16.5. The van der Waals surface area contributed by atoms with Crippen LogP contribution < -0.4 is 9.47 Å². The standard InChI is InChI=1S/C27H28N2O2/c1-3-18-31-25-15-14-24(19-26(25)30-2)27-28(20-22-10-6-4-7-11-22)16-17-29(27)21-23-12-8-5-9-13-23/h1,4-15,19,27H,16-18,20-21H2,2H3. The summed E-state index contributed by atoms with van der Waals surface area (Å²) in [7, 11) is 1.67. The Morgan fingerprint density at radius 1 is 0.839 bits per heavy atom. The van der Waals surface area contributed by atoms with E-state index in [1.165, 1.54) is 16.7 Å². The molecule has 0 amide bonds. The fourth-order valence-corrected chi connectivity index (χ4v) is 4.20. The molecule has 1 saturated heterocycles. The van der Waals surface area contributed by atoms with Crippen LogP contribution in [0, 0.1) is 12.3 Å². The lowest BCUT2D eigenvalue weighted by atomic mass is 10.1. The van der Waals surface area contributed by atoms with Gasteiger partial charge in [-0.2, -0.15) is 0 Å². The van der Waals surface area contributed by atoms with Gasteiger partial charge in [-0.25, -0.2) is 0 Å². The van der Waals surface area contributed by atoms with E-state index < -0.39 is 0 Å². The molecular formula is C27H28N2O2. The van der Waals surface area contributed by atoms with E-state index in [2.05, 4.69) is 88.5 Å². The van der Waals surface area contributed by atoms with Crippen LogP contribution >= 0.6 is 0 Å². The Morgan fingerprint density at radius 2 is 1.42 bits per heavy atom. The summed E-state index contributed by atoms with van der Waals surface area (Å²) < 4.78 is 11.3. The number of ether oxygens (including phenoxy) is 2.